The Bertz CT molecular complexity index is 976. The summed E-state index contributed by atoms with van der Waals surface area (Å²) >= 11 is 0. The Morgan fingerprint density at radius 1 is 0.885 bits per heavy atom. The number of benzene rings is 2. The molecule has 2 aromatic carbocycles. The first kappa shape index (κ1) is 17.1. The fourth-order valence-electron chi connectivity index (χ4n) is 3.34. The Kier molecular flexibility index (Phi) is 4.66. The molecule has 3 aromatic rings. The Labute approximate surface area is 154 Å². The molecule has 1 aliphatic heterocycles. The van der Waals surface area contributed by atoms with E-state index in [-0.39, 0.29) is 0 Å². The Morgan fingerprint density at radius 2 is 1.58 bits per heavy atom. The van der Waals surface area contributed by atoms with Crippen LogP contribution in [0.4, 0.5) is 0 Å². The highest BCUT2D eigenvalue weighted by atomic mass is 32.2. The fraction of sp³-hybridized carbons (Fsp3) is 0.238. The third-order valence-electron chi connectivity index (χ3n) is 4.88. The predicted octanol–water partition coefficient (Wildman–Crippen LogP) is 3.81. The SMILES string of the molecule is O=S(=O)(c1ccc(CCc2ccccc2)cc1)N1CCc2occc2C1. The van der Waals surface area contributed by atoms with Gasteiger partial charge in [0.15, 0.2) is 0 Å². The maximum Gasteiger partial charge on any atom is 0.243 e. The Morgan fingerprint density at radius 3 is 2.31 bits per heavy atom. The van der Waals surface area contributed by atoms with Crippen LogP contribution in [0.5, 0.6) is 0 Å². The second-order valence-corrected chi connectivity index (χ2v) is 8.53. The second kappa shape index (κ2) is 7.09. The van der Waals surface area contributed by atoms with Crippen LogP contribution in [0.3, 0.4) is 0 Å². The van der Waals surface area contributed by atoms with Gasteiger partial charge in [-0.3, -0.25) is 0 Å². The number of furan rings is 1. The molecular weight excluding hydrogens is 346 g/mol. The lowest BCUT2D eigenvalue weighted by Crippen LogP contribution is -2.35. The summed E-state index contributed by atoms with van der Waals surface area (Å²) in [7, 11) is -3.47. The zero-order valence-electron chi connectivity index (χ0n) is 14.5. The van der Waals surface area contributed by atoms with Crippen LogP contribution in [-0.4, -0.2) is 19.3 Å². The number of hydrogen-bond donors (Lipinski definition) is 0. The maximum absolute atomic E-state index is 12.9. The van der Waals surface area contributed by atoms with Gasteiger partial charge in [-0.25, -0.2) is 8.42 Å². The second-order valence-electron chi connectivity index (χ2n) is 6.59. The van der Waals surface area contributed by atoms with Crippen LogP contribution in [0, 0.1) is 0 Å². The van der Waals surface area contributed by atoms with Gasteiger partial charge in [0.2, 0.25) is 10.0 Å². The molecule has 4 rings (SSSR count). The molecule has 0 atom stereocenters. The summed E-state index contributed by atoms with van der Waals surface area (Å²) in [6.45, 7) is 0.836. The highest BCUT2D eigenvalue weighted by molar-refractivity contribution is 7.89. The van der Waals surface area contributed by atoms with E-state index in [1.54, 1.807) is 18.4 Å². The van der Waals surface area contributed by atoms with Gasteiger partial charge in [-0.2, -0.15) is 4.31 Å². The number of nitrogens with zero attached hydrogens (tertiary/aromatic N) is 1. The normalized spacial score (nSPS) is 14.9. The van der Waals surface area contributed by atoms with E-state index in [2.05, 4.69) is 12.1 Å². The Hall–Kier alpha value is -2.37. The van der Waals surface area contributed by atoms with E-state index in [4.69, 9.17) is 4.42 Å². The van der Waals surface area contributed by atoms with Gasteiger partial charge in [-0.05, 0) is 42.2 Å². The van der Waals surface area contributed by atoms with Crippen LogP contribution >= 0.6 is 0 Å². The van der Waals surface area contributed by atoms with Crippen molar-refractivity contribution >= 4 is 10.0 Å². The predicted molar refractivity (Wildman–Crippen MR) is 100 cm³/mol. The van der Waals surface area contributed by atoms with Crippen molar-refractivity contribution in [2.45, 2.75) is 30.7 Å². The van der Waals surface area contributed by atoms with E-state index >= 15 is 0 Å². The van der Waals surface area contributed by atoms with Crippen LogP contribution in [0.2, 0.25) is 0 Å². The van der Waals surface area contributed by atoms with Crippen molar-refractivity contribution in [2.75, 3.05) is 6.54 Å². The molecule has 4 nitrogen and oxygen atoms in total. The first-order valence-corrected chi connectivity index (χ1v) is 10.3. The molecule has 0 bridgehead atoms. The lowest BCUT2D eigenvalue weighted by atomic mass is 10.0. The highest BCUT2D eigenvalue weighted by Gasteiger charge is 2.29. The van der Waals surface area contributed by atoms with Crippen molar-refractivity contribution in [1.82, 2.24) is 4.31 Å². The number of rotatable bonds is 5. The van der Waals surface area contributed by atoms with E-state index < -0.39 is 10.0 Å². The van der Waals surface area contributed by atoms with Gasteiger partial charge in [-0.1, -0.05) is 42.5 Å². The quantitative estimate of drug-likeness (QED) is 0.689. The standard InChI is InChI=1S/C21H21NO3S/c23-26(24,22-14-12-21-19(16-22)13-15-25-21)20-10-8-18(9-11-20)7-6-17-4-2-1-3-5-17/h1-5,8-11,13,15H,6-7,12,14,16H2. The molecule has 0 saturated carbocycles. The molecule has 0 radical (unpaired) electrons. The fourth-order valence-corrected chi connectivity index (χ4v) is 4.76. The molecule has 0 fully saturated rings. The summed E-state index contributed by atoms with van der Waals surface area (Å²) in [6, 6.07) is 19.4. The monoisotopic (exact) mass is 367 g/mol. The van der Waals surface area contributed by atoms with Crippen molar-refractivity contribution in [3.8, 4) is 0 Å². The number of fused-ring (bicyclic) bond motifs is 1. The first-order chi connectivity index (χ1) is 12.6. The van der Waals surface area contributed by atoms with Gasteiger partial charge in [0.1, 0.15) is 5.76 Å². The van der Waals surface area contributed by atoms with Gasteiger partial charge < -0.3 is 4.42 Å². The van der Waals surface area contributed by atoms with E-state index in [0.29, 0.717) is 24.4 Å². The van der Waals surface area contributed by atoms with Gasteiger partial charge in [0.05, 0.1) is 11.2 Å². The highest BCUT2D eigenvalue weighted by Crippen LogP contribution is 2.25. The van der Waals surface area contributed by atoms with Gasteiger partial charge in [0.25, 0.3) is 0 Å². The van der Waals surface area contributed by atoms with E-state index in [1.165, 1.54) is 9.87 Å². The van der Waals surface area contributed by atoms with Crippen molar-refractivity contribution in [3.63, 3.8) is 0 Å². The third kappa shape index (κ3) is 3.45. The van der Waals surface area contributed by atoms with Gasteiger partial charge in [0, 0.05) is 25.1 Å². The van der Waals surface area contributed by atoms with Crippen LogP contribution in [0.25, 0.3) is 0 Å². The largest absolute Gasteiger partial charge is 0.469 e. The molecule has 1 aromatic heterocycles. The topological polar surface area (TPSA) is 50.5 Å². The molecule has 26 heavy (non-hydrogen) atoms. The lowest BCUT2D eigenvalue weighted by molar-refractivity contribution is 0.362. The van der Waals surface area contributed by atoms with Gasteiger partial charge >= 0.3 is 0 Å². The van der Waals surface area contributed by atoms with Crippen LogP contribution in [0.15, 0.2) is 76.2 Å². The maximum atomic E-state index is 12.9. The van der Waals surface area contributed by atoms with Crippen molar-refractivity contribution in [2.24, 2.45) is 0 Å². The molecule has 0 aliphatic carbocycles. The summed E-state index contributed by atoms with van der Waals surface area (Å²) in [6.07, 6.45) is 4.09. The smallest absolute Gasteiger partial charge is 0.243 e. The zero-order valence-corrected chi connectivity index (χ0v) is 15.3. The Balaban J connectivity index is 1.46. The summed E-state index contributed by atoms with van der Waals surface area (Å²) in [5.74, 6) is 0.896. The van der Waals surface area contributed by atoms with E-state index in [9.17, 15) is 8.42 Å². The van der Waals surface area contributed by atoms with Crippen LogP contribution in [0.1, 0.15) is 22.5 Å². The minimum Gasteiger partial charge on any atom is -0.469 e. The average Bonchev–Trinajstić information content (AvgIpc) is 3.15. The summed E-state index contributed by atoms with van der Waals surface area (Å²) < 4.78 is 32.7. The first-order valence-electron chi connectivity index (χ1n) is 8.81. The van der Waals surface area contributed by atoms with Crippen molar-refractivity contribution < 1.29 is 12.8 Å². The van der Waals surface area contributed by atoms with Crippen molar-refractivity contribution in [1.29, 1.82) is 0 Å². The van der Waals surface area contributed by atoms with Crippen LogP contribution in [-0.2, 0) is 35.8 Å². The molecule has 0 N–H and O–H groups in total. The summed E-state index contributed by atoms with van der Waals surface area (Å²) in [4.78, 5) is 0.355. The molecule has 2 heterocycles. The molecular formula is C21H21NO3S. The van der Waals surface area contributed by atoms with E-state index in [0.717, 1.165) is 29.7 Å². The van der Waals surface area contributed by atoms with Crippen LogP contribution < -0.4 is 0 Å². The van der Waals surface area contributed by atoms with Crippen molar-refractivity contribution in [3.05, 3.63) is 89.4 Å². The van der Waals surface area contributed by atoms with Gasteiger partial charge in [-0.15, -0.1) is 0 Å². The molecule has 0 unspecified atom stereocenters. The van der Waals surface area contributed by atoms with E-state index in [1.807, 2.05) is 36.4 Å². The summed E-state index contributed by atoms with van der Waals surface area (Å²) in [5, 5.41) is 0. The molecule has 0 amide bonds. The number of aryl methyl sites for hydroxylation is 2. The third-order valence-corrected chi connectivity index (χ3v) is 6.74. The molecule has 134 valence electrons. The average molecular weight is 367 g/mol. The molecule has 0 spiro atoms. The minimum atomic E-state index is -3.47. The minimum absolute atomic E-state index is 0.355. The zero-order chi connectivity index (χ0) is 18.0. The lowest BCUT2D eigenvalue weighted by Gasteiger charge is -2.25. The molecule has 5 heteroatoms. The molecule has 1 aliphatic rings. The summed E-state index contributed by atoms with van der Waals surface area (Å²) in [5.41, 5.74) is 3.39. The number of sulfonamides is 1. The molecule has 0 saturated heterocycles. The number of hydrogen-bond acceptors (Lipinski definition) is 3.